The summed E-state index contributed by atoms with van der Waals surface area (Å²) in [4.78, 5) is 26.8. The van der Waals surface area contributed by atoms with Crippen LogP contribution in [0.1, 0.15) is 39.0 Å². The van der Waals surface area contributed by atoms with Gasteiger partial charge in [-0.05, 0) is 55.0 Å². The second-order valence-corrected chi connectivity index (χ2v) is 11.5. The monoisotopic (exact) mass is 563 g/mol. The number of unbranched alkanes of at least 4 members (excludes halogenated alkanes) is 3. The lowest BCUT2D eigenvalue weighted by Gasteiger charge is -2.13. The molecule has 0 aromatic heterocycles. The molecule has 1 unspecified atom stereocenters. The molecule has 1 N–H and O–H groups in total. The van der Waals surface area contributed by atoms with Crippen LogP contribution in [-0.4, -0.2) is 48.7 Å². The lowest BCUT2D eigenvalue weighted by molar-refractivity contribution is -0.127. The summed E-state index contributed by atoms with van der Waals surface area (Å²) < 4.78 is 35.1. The van der Waals surface area contributed by atoms with Crippen molar-refractivity contribution in [2.75, 3.05) is 18.5 Å². The van der Waals surface area contributed by atoms with E-state index in [-0.39, 0.29) is 28.9 Å². The molecular formula is C26H30ClN3O5S2. The highest BCUT2D eigenvalue weighted by Gasteiger charge is 2.39. The number of halogens is 1. The number of hydrogen-bond acceptors (Lipinski definition) is 6. The zero-order chi connectivity index (χ0) is 26.8. The molecule has 8 nitrogen and oxygen atoms in total. The number of carbonyl (C=O) groups is 2. The van der Waals surface area contributed by atoms with Crippen LogP contribution in [-0.2, 0) is 19.6 Å². The van der Waals surface area contributed by atoms with Gasteiger partial charge in [-0.15, -0.1) is 11.0 Å². The Morgan fingerprint density at radius 1 is 1.16 bits per heavy atom. The number of amidine groups is 1. The maximum absolute atomic E-state index is 12.9. The average Bonchev–Trinajstić information content (AvgIpc) is 3.13. The second-order valence-electron chi connectivity index (χ2n) is 8.33. The average molecular weight is 564 g/mol. The number of anilines is 1. The molecule has 0 saturated carbocycles. The first kappa shape index (κ1) is 28.7. The number of benzene rings is 2. The van der Waals surface area contributed by atoms with Gasteiger partial charge in [0.25, 0.3) is 10.0 Å². The van der Waals surface area contributed by atoms with Gasteiger partial charge in [0.2, 0.25) is 11.8 Å². The summed E-state index contributed by atoms with van der Waals surface area (Å²) in [5.41, 5.74) is 0.570. The van der Waals surface area contributed by atoms with Gasteiger partial charge in [-0.1, -0.05) is 55.6 Å². The van der Waals surface area contributed by atoms with E-state index in [2.05, 4.69) is 23.2 Å². The van der Waals surface area contributed by atoms with Crippen LogP contribution in [0.3, 0.4) is 0 Å². The van der Waals surface area contributed by atoms with E-state index in [1.54, 1.807) is 24.3 Å². The number of ether oxygens (including phenoxy) is 1. The van der Waals surface area contributed by atoms with Crippen LogP contribution >= 0.6 is 23.4 Å². The molecule has 37 heavy (non-hydrogen) atoms. The Bertz CT molecular complexity index is 1230. The summed E-state index contributed by atoms with van der Waals surface area (Å²) in [6, 6.07) is 12.6. The second kappa shape index (κ2) is 13.6. The van der Waals surface area contributed by atoms with Gasteiger partial charge in [-0.3, -0.25) is 14.5 Å². The number of nitrogens with one attached hydrogen (secondary N) is 1. The molecule has 1 fully saturated rings. The van der Waals surface area contributed by atoms with Crippen molar-refractivity contribution in [1.29, 1.82) is 0 Å². The van der Waals surface area contributed by atoms with Gasteiger partial charge >= 0.3 is 0 Å². The predicted molar refractivity (Wildman–Crippen MR) is 149 cm³/mol. The van der Waals surface area contributed by atoms with E-state index >= 15 is 0 Å². The normalized spacial score (nSPS) is 16.7. The van der Waals surface area contributed by atoms with Gasteiger partial charge in [-0.2, -0.15) is 8.42 Å². The van der Waals surface area contributed by atoms with Crippen LogP contribution in [0.2, 0.25) is 5.02 Å². The summed E-state index contributed by atoms with van der Waals surface area (Å²) >= 11 is 6.78. The van der Waals surface area contributed by atoms with Crippen LogP contribution in [0.15, 0.2) is 70.5 Å². The molecule has 0 radical (unpaired) electrons. The molecule has 2 amide bonds. The predicted octanol–water partition coefficient (Wildman–Crippen LogP) is 5.50. The fraction of sp³-hybridized carbons (Fsp3) is 0.346. The first-order chi connectivity index (χ1) is 17.7. The molecule has 1 heterocycles. The summed E-state index contributed by atoms with van der Waals surface area (Å²) in [5.74, 6) is -0.0600. The third-order valence-electron chi connectivity index (χ3n) is 5.42. The molecule has 1 saturated heterocycles. The van der Waals surface area contributed by atoms with Gasteiger partial charge in [-0.25, -0.2) is 0 Å². The quantitative estimate of drug-likeness (QED) is 0.255. The number of carbonyl (C=O) groups excluding carboxylic acids is 2. The molecule has 2 aromatic rings. The van der Waals surface area contributed by atoms with Crippen LogP contribution in [0.25, 0.3) is 0 Å². The van der Waals surface area contributed by atoms with Gasteiger partial charge in [0.05, 0.1) is 11.5 Å². The Labute approximate surface area is 227 Å². The zero-order valence-corrected chi connectivity index (χ0v) is 22.9. The fourth-order valence-electron chi connectivity index (χ4n) is 3.50. The maximum Gasteiger partial charge on any atom is 0.284 e. The summed E-state index contributed by atoms with van der Waals surface area (Å²) in [7, 11) is -4.08. The summed E-state index contributed by atoms with van der Waals surface area (Å²) in [5, 5.41) is 2.35. The van der Waals surface area contributed by atoms with E-state index in [1.807, 2.05) is 0 Å². The van der Waals surface area contributed by atoms with E-state index in [1.165, 1.54) is 48.1 Å². The van der Waals surface area contributed by atoms with E-state index < -0.39 is 21.2 Å². The smallest absolute Gasteiger partial charge is 0.284 e. The maximum atomic E-state index is 12.9. The zero-order valence-electron chi connectivity index (χ0n) is 20.6. The van der Waals surface area contributed by atoms with Gasteiger partial charge in [0.1, 0.15) is 11.0 Å². The largest absolute Gasteiger partial charge is 0.494 e. The molecule has 3 rings (SSSR count). The first-order valence-corrected chi connectivity index (χ1v) is 14.7. The minimum atomic E-state index is -4.08. The molecule has 0 bridgehead atoms. The van der Waals surface area contributed by atoms with E-state index in [4.69, 9.17) is 16.3 Å². The Hall–Kier alpha value is -2.82. The lowest BCUT2D eigenvalue weighted by Crippen LogP contribution is -2.33. The van der Waals surface area contributed by atoms with Crippen molar-refractivity contribution in [2.45, 2.75) is 49.2 Å². The summed E-state index contributed by atoms with van der Waals surface area (Å²) in [6.45, 7) is 6.50. The van der Waals surface area contributed by atoms with E-state index in [0.29, 0.717) is 17.3 Å². The van der Waals surface area contributed by atoms with Crippen molar-refractivity contribution < 1.29 is 22.7 Å². The molecule has 11 heteroatoms. The number of nitrogens with zero attached hydrogens (tertiary/aromatic N) is 2. The standard InChI is InChI=1S/C26H30ClN3O5S2/c1-3-5-6-7-17-35-21-12-10-20(11-13-21)28-24(31)18-23-25(32)30(16-4-2)26(36-23)29-37(33,34)22-14-8-19(27)9-15-22/h4,8-15,23H,2-3,5-7,16-18H2,1H3,(H,28,31)/b29-26+. The van der Waals surface area contributed by atoms with Crippen molar-refractivity contribution >= 4 is 56.1 Å². The topological polar surface area (TPSA) is 105 Å². The highest BCUT2D eigenvalue weighted by Crippen LogP contribution is 2.31. The van der Waals surface area contributed by atoms with Crippen molar-refractivity contribution in [2.24, 2.45) is 4.40 Å². The molecule has 198 valence electrons. The number of sulfonamides is 1. The minimum absolute atomic E-state index is 0.00177. The van der Waals surface area contributed by atoms with Crippen LogP contribution < -0.4 is 10.1 Å². The van der Waals surface area contributed by atoms with Gasteiger partial charge < -0.3 is 10.1 Å². The summed E-state index contributed by atoms with van der Waals surface area (Å²) in [6.07, 6.45) is 5.81. The van der Waals surface area contributed by atoms with Gasteiger partial charge in [0, 0.05) is 23.7 Å². The van der Waals surface area contributed by atoms with Crippen molar-refractivity contribution in [3.05, 3.63) is 66.2 Å². The first-order valence-electron chi connectivity index (χ1n) is 12.0. The lowest BCUT2D eigenvalue weighted by atomic mass is 10.2. The Kier molecular flexibility index (Phi) is 10.6. The molecular weight excluding hydrogens is 534 g/mol. The van der Waals surface area contributed by atoms with Gasteiger partial charge in [0.15, 0.2) is 5.17 Å². The Morgan fingerprint density at radius 2 is 1.86 bits per heavy atom. The number of hydrogen-bond donors (Lipinski definition) is 1. The minimum Gasteiger partial charge on any atom is -0.494 e. The van der Waals surface area contributed by atoms with E-state index in [9.17, 15) is 18.0 Å². The van der Waals surface area contributed by atoms with E-state index in [0.717, 1.165) is 30.4 Å². The van der Waals surface area contributed by atoms with Crippen molar-refractivity contribution in [3.63, 3.8) is 0 Å². The molecule has 0 spiro atoms. The molecule has 1 aliphatic rings. The third kappa shape index (κ3) is 8.34. The number of thioether (sulfide) groups is 1. The molecule has 1 atom stereocenters. The highest BCUT2D eigenvalue weighted by molar-refractivity contribution is 8.16. The Morgan fingerprint density at radius 3 is 2.51 bits per heavy atom. The SMILES string of the molecule is C=CCN1C(=O)C(CC(=O)Nc2ccc(OCCCCCC)cc2)S/C1=N/S(=O)(=O)c1ccc(Cl)cc1. The molecule has 2 aromatic carbocycles. The number of amides is 2. The molecule has 0 aliphatic carbocycles. The van der Waals surface area contributed by atoms with Crippen molar-refractivity contribution in [1.82, 2.24) is 4.90 Å². The van der Waals surface area contributed by atoms with Crippen LogP contribution in [0.4, 0.5) is 5.69 Å². The number of rotatable bonds is 13. The Balaban J connectivity index is 1.62. The fourth-order valence-corrected chi connectivity index (χ4v) is 5.99. The third-order valence-corrected chi connectivity index (χ3v) is 8.24. The molecule has 1 aliphatic heterocycles. The van der Waals surface area contributed by atoms with Crippen LogP contribution in [0.5, 0.6) is 5.75 Å². The van der Waals surface area contributed by atoms with Crippen LogP contribution in [0, 0.1) is 0 Å². The highest BCUT2D eigenvalue weighted by atomic mass is 35.5. The van der Waals surface area contributed by atoms with Crippen molar-refractivity contribution in [3.8, 4) is 5.75 Å².